The van der Waals surface area contributed by atoms with Crippen molar-refractivity contribution < 1.29 is 27.4 Å². The lowest BCUT2D eigenvalue weighted by Crippen LogP contribution is -2.51. The van der Waals surface area contributed by atoms with E-state index in [0.717, 1.165) is 31.5 Å². The van der Waals surface area contributed by atoms with Crippen LogP contribution in [0.15, 0.2) is 18.5 Å². The number of carbonyl (C=O) groups excluding carboxylic acids is 1. The number of ether oxygens (including phenoxy) is 2. The Labute approximate surface area is 181 Å². The van der Waals surface area contributed by atoms with Gasteiger partial charge in [0.05, 0.1) is 23.7 Å². The van der Waals surface area contributed by atoms with Crippen LogP contribution in [0, 0.1) is 11.3 Å². The molecule has 0 bridgehead atoms. The van der Waals surface area contributed by atoms with Crippen molar-refractivity contribution in [2.75, 3.05) is 20.3 Å². The van der Waals surface area contributed by atoms with E-state index in [1.807, 2.05) is 13.8 Å². The van der Waals surface area contributed by atoms with E-state index in [0.29, 0.717) is 25.2 Å². The van der Waals surface area contributed by atoms with Gasteiger partial charge in [0.15, 0.2) is 0 Å². The van der Waals surface area contributed by atoms with Crippen LogP contribution in [0.5, 0.6) is 0 Å². The maximum atomic E-state index is 13.2. The van der Waals surface area contributed by atoms with Gasteiger partial charge >= 0.3 is 6.18 Å². The lowest BCUT2D eigenvalue weighted by molar-refractivity contribution is -0.137. The van der Waals surface area contributed by atoms with E-state index >= 15 is 0 Å². The SMILES string of the molecule is COC1COCCC1N[C@H]1CC[C@](C(=O)NCc2cncc(C(F)(F)F)c2)(C(C)C)C1. The van der Waals surface area contributed by atoms with E-state index < -0.39 is 17.2 Å². The third kappa shape index (κ3) is 5.56. The summed E-state index contributed by atoms with van der Waals surface area (Å²) in [4.78, 5) is 16.9. The minimum absolute atomic E-state index is 0.00923. The van der Waals surface area contributed by atoms with Gasteiger partial charge in [-0.05, 0) is 43.2 Å². The van der Waals surface area contributed by atoms with Crippen LogP contribution in [-0.2, 0) is 27.0 Å². The molecule has 1 aromatic rings. The maximum absolute atomic E-state index is 13.2. The zero-order valence-electron chi connectivity index (χ0n) is 18.3. The van der Waals surface area contributed by atoms with E-state index in [2.05, 4.69) is 15.6 Å². The number of nitrogens with zero attached hydrogens (tertiary/aromatic N) is 1. The number of carbonyl (C=O) groups is 1. The molecule has 1 aliphatic heterocycles. The average molecular weight is 444 g/mol. The van der Waals surface area contributed by atoms with Crippen molar-refractivity contribution in [2.24, 2.45) is 11.3 Å². The van der Waals surface area contributed by atoms with Crippen LogP contribution in [-0.4, -0.2) is 49.4 Å². The molecule has 2 heterocycles. The number of hydrogen-bond donors (Lipinski definition) is 2. The second kappa shape index (κ2) is 9.83. The number of alkyl halides is 3. The second-order valence-corrected chi connectivity index (χ2v) is 8.92. The lowest BCUT2D eigenvalue weighted by Gasteiger charge is -2.35. The standard InChI is InChI=1S/C22H32F3N3O3/c1-14(2)21(6-4-17(9-21)28-18-5-7-31-13-19(18)30-3)20(29)27-11-15-8-16(12-26-10-15)22(23,24)25/h8,10,12,14,17-19,28H,4-7,9,11,13H2,1-3H3,(H,27,29)/t17-,18?,19?,21+/m0/s1. The summed E-state index contributed by atoms with van der Waals surface area (Å²) >= 11 is 0. The molecule has 31 heavy (non-hydrogen) atoms. The Bertz CT molecular complexity index is 759. The second-order valence-electron chi connectivity index (χ2n) is 8.92. The van der Waals surface area contributed by atoms with Gasteiger partial charge in [0, 0.05) is 44.7 Å². The van der Waals surface area contributed by atoms with Crippen molar-refractivity contribution >= 4 is 5.91 Å². The highest BCUT2D eigenvalue weighted by molar-refractivity contribution is 5.83. The largest absolute Gasteiger partial charge is 0.417 e. The Morgan fingerprint density at radius 3 is 2.81 bits per heavy atom. The molecule has 2 N–H and O–H groups in total. The summed E-state index contributed by atoms with van der Waals surface area (Å²) in [5.74, 6) is -0.00803. The molecule has 3 rings (SSSR count). The molecule has 1 aliphatic carbocycles. The number of aromatic nitrogens is 1. The Kier molecular flexibility index (Phi) is 7.59. The molecule has 174 valence electrons. The third-order valence-corrected chi connectivity index (χ3v) is 6.74. The van der Waals surface area contributed by atoms with Crippen molar-refractivity contribution in [1.82, 2.24) is 15.6 Å². The van der Waals surface area contributed by atoms with Crippen LogP contribution in [0.25, 0.3) is 0 Å². The highest BCUT2D eigenvalue weighted by Gasteiger charge is 2.48. The predicted octanol–water partition coefficient (Wildman–Crippen LogP) is 3.31. The van der Waals surface area contributed by atoms with Gasteiger partial charge in [0.1, 0.15) is 0 Å². The molecule has 1 aromatic heterocycles. The Balaban J connectivity index is 1.63. The smallest absolute Gasteiger partial charge is 0.379 e. The molecule has 0 aromatic carbocycles. The minimum Gasteiger partial charge on any atom is -0.379 e. The van der Waals surface area contributed by atoms with Gasteiger partial charge in [0.25, 0.3) is 0 Å². The molecule has 1 saturated carbocycles. The molecule has 4 atom stereocenters. The van der Waals surface area contributed by atoms with Crippen LogP contribution in [0.2, 0.25) is 0 Å². The summed E-state index contributed by atoms with van der Waals surface area (Å²) in [6.45, 7) is 5.32. The average Bonchev–Trinajstić information content (AvgIpc) is 3.17. The van der Waals surface area contributed by atoms with Gasteiger partial charge in [-0.3, -0.25) is 9.78 Å². The first kappa shape index (κ1) is 23.9. The summed E-state index contributed by atoms with van der Waals surface area (Å²) in [5, 5.41) is 6.53. The summed E-state index contributed by atoms with van der Waals surface area (Å²) in [6, 6.07) is 1.40. The monoisotopic (exact) mass is 443 g/mol. The number of nitrogens with one attached hydrogen (secondary N) is 2. The Morgan fingerprint density at radius 2 is 2.13 bits per heavy atom. The maximum Gasteiger partial charge on any atom is 0.417 e. The number of pyridine rings is 1. The van der Waals surface area contributed by atoms with E-state index in [9.17, 15) is 18.0 Å². The first-order valence-corrected chi connectivity index (χ1v) is 10.8. The first-order valence-electron chi connectivity index (χ1n) is 10.8. The van der Waals surface area contributed by atoms with Gasteiger partial charge in [-0.1, -0.05) is 13.8 Å². The quantitative estimate of drug-likeness (QED) is 0.677. The van der Waals surface area contributed by atoms with Crippen LogP contribution < -0.4 is 10.6 Å². The van der Waals surface area contributed by atoms with E-state index in [1.54, 1.807) is 7.11 Å². The molecule has 6 nitrogen and oxygen atoms in total. The van der Waals surface area contributed by atoms with Crippen molar-refractivity contribution in [3.63, 3.8) is 0 Å². The molecule has 1 amide bonds. The van der Waals surface area contributed by atoms with E-state index in [-0.39, 0.29) is 36.6 Å². The molecule has 0 radical (unpaired) electrons. The third-order valence-electron chi connectivity index (χ3n) is 6.74. The zero-order chi connectivity index (χ0) is 22.6. The molecular weight excluding hydrogens is 411 g/mol. The lowest BCUT2D eigenvalue weighted by atomic mass is 9.74. The molecule has 9 heteroatoms. The molecule has 2 aliphatic rings. The van der Waals surface area contributed by atoms with Gasteiger partial charge < -0.3 is 20.1 Å². The molecule has 1 saturated heterocycles. The van der Waals surface area contributed by atoms with Gasteiger partial charge in [0.2, 0.25) is 5.91 Å². The van der Waals surface area contributed by atoms with Gasteiger partial charge in [-0.2, -0.15) is 13.2 Å². The van der Waals surface area contributed by atoms with Crippen LogP contribution in [0.4, 0.5) is 13.2 Å². The van der Waals surface area contributed by atoms with Crippen molar-refractivity contribution in [1.29, 1.82) is 0 Å². The first-order chi connectivity index (χ1) is 14.7. The normalized spacial score (nSPS) is 29.3. The highest BCUT2D eigenvalue weighted by Crippen LogP contribution is 2.45. The summed E-state index contributed by atoms with van der Waals surface area (Å²) in [5.41, 5.74) is -1.03. The van der Waals surface area contributed by atoms with Gasteiger partial charge in [-0.15, -0.1) is 0 Å². The zero-order valence-corrected chi connectivity index (χ0v) is 18.3. The van der Waals surface area contributed by atoms with Crippen LogP contribution in [0.1, 0.15) is 50.7 Å². The van der Waals surface area contributed by atoms with Crippen LogP contribution in [0.3, 0.4) is 0 Å². The Morgan fingerprint density at radius 1 is 1.35 bits per heavy atom. The van der Waals surface area contributed by atoms with Crippen molar-refractivity contribution in [2.45, 2.75) is 70.4 Å². The fraction of sp³-hybridized carbons (Fsp3) is 0.727. The fourth-order valence-corrected chi connectivity index (χ4v) is 4.75. The van der Waals surface area contributed by atoms with Gasteiger partial charge in [-0.25, -0.2) is 0 Å². The molecule has 0 spiro atoms. The van der Waals surface area contributed by atoms with Crippen molar-refractivity contribution in [3.8, 4) is 0 Å². The van der Waals surface area contributed by atoms with Crippen molar-refractivity contribution in [3.05, 3.63) is 29.6 Å². The van der Waals surface area contributed by atoms with Crippen LogP contribution >= 0.6 is 0 Å². The highest BCUT2D eigenvalue weighted by atomic mass is 19.4. The number of hydrogen-bond acceptors (Lipinski definition) is 5. The Hall–Kier alpha value is -1.71. The number of methoxy groups -OCH3 is 1. The summed E-state index contributed by atoms with van der Waals surface area (Å²) in [7, 11) is 1.68. The fourth-order valence-electron chi connectivity index (χ4n) is 4.75. The van der Waals surface area contributed by atoms with E-state index in [4.69, 9.17) is 9.47 Å². The molecule has 2 unspecified atom stereocenters. The van der Waals surface area contributed by atoms with E-state index in [1.165, 1.54) is 6.20 Å². The molecule has 2 fully saturated rings. The molecular formula is C22H32F3N3O3. The summed E-state index contributed by atoms with van der Waals surface area (Å²) in [6.07, 6.45) is 0.819. The minimum atomic E-state index is -4.46. The topological polar surface area (TPSA) is 72.5 Å². The predicted molar refractivity (Wildman–Crippen MR) is 109 cm³/mol. The number of rotatable bonds is 7. The summed E-state index contributed by atoms with van der Waals surface area (Å²) < 4.78 is 49.8. The number of amides is 1. The number of halogens is 3.